The molecule has 2 aliphatic rings. The Morgan fingerprint density at radius 2 is 1.96 bits per heavy atom. The minimum absolute atomic E-state index is 0.0427. The van der Waals surface area contributed by atoms with Crippen LogP contribution in [0.4, 0.5) is 5.69 Å². The summed E-state index contributed by atoms with van der Waals surface area (Å²) in [7, 11) is 0. The number of nitrogens with zero attached hydrogens (tertiary/aromatic N) is 2. The van der Waals surface area contributed by atoms with Crippen LogP contribution in [-0.2, 0) is 14.9 Å². The third-order valence-electron chi connectivity index (χ3n) is 4.85. The number of nitrogens with one attached hydrogen (secondary N) is 1. The number of aryl methyl sites for hydroxylation is 1. The van der Waals surface area contributed by atoms with E-state index in [1.807, 2.05) is 39.0 Å². The van der Waals surface area contributed by atoms with Gasteiger partial charge in [0.25, 0.3) is 0 Å². The van der Waals surface area contributed by atoms with Gasteiger partial charge in [-0.15, -0.1) is 0 Å². The van der Waals surface area contributed by atoms with E-state index >= 15 is 0 Å². The minimum Gasteiger partial charge on any atom is -0.380 e. The van der Waals surface area contributed by atoms with Crippen LogP contribution in [0, 0.1) is 6.92 Å². The van der Waals surface area contributed by atoms with Crippen LogP contribution in [-0.4, -0.2) is 29.3 Å². The van der Waals surface area contributed by atoms with E-state index in [-0.39, 0.29) is 11.8 Å². The molecule has 4 rings (SSSR count). The van der Waals surface area contributed by atoms with Crippen molar-refractivity contribution in [1.29, 1.82) is 0 Å². The third-order valence-corrected chi connectivity index (χ3v) is 4.85. The predicted molar refractivity (Wildman–Crippen MR) is 87.4 cm³/mol. The van der Waals surface area contributed by atoms with Crippen LogP contribution in [0.15, 0.2) is 24.3 Å². The highest BCUT2D eigenvalue weighted by Gasteiger charge is 2.42. The zero-order chi connectivity index (χ0) is 16.2. The molecule has 1 aromatic heterocycles. The molecule has 2 aliphatic heterocycles. The number of benzene rings is 1. The number of ether oxygens (including phenoxy) is 1. The second kappa shape index (κ2) is 4.86. The molecule has 2 aromatic rings. The lowest BCUT2D eigenvalue weighted by Gasteiger charge is -2.30. The minimum atomic E-state index is -0.508. The number of hydrogen-bond acceptors (Lipinski definition) is 4. The van der Waals surface area contributed by atoms with Gasteiger partial charge < -0.3 is 10.1 Å². The second-order valence-electron chi connectivity index (χ2n) is 6.82. The maximum Gasteiger partial charge on any atom is 0.234 e. The molecule has 5 heteroatoms. The van der Waals surface area contributed by atoms with Crippen LogP contribution in [0.1, 0.15) is 36.6 Å². The van der Waals surface area contributed by atoms with Crippen molar-refractivity contribution in [1.82, 2.24) is 10.2 Å². The molecule has 0 atom stereocenters. The zero-order valence-corrected chi connectivity index (χ0v) is 13.5. The highest BCUT2D eigenvalue weighted by molar-refractivity contribution is 6.07. The lowest BCUT2D eigenvalue weighted by Crippen LogP contribution is -2.27. The van der Waals surface area contributed by atoms with Crippen molar-refractivity contribution >= 4 is 11.6 Å². The van der Waals surface area contributed by atoms with E-state index in [0.717, 1.165) is 33.8 Å². The SMILES string of the molecule is Cc1ccc(-c2ccc3c(c2C2COC2)NC(=O)C3(C)C)nn1. The van der Waals surface area contributed by atoms with E-state index in [2.05, 4.69) is 21.6 Å². The molecule has 3 heterocycles. The van der Waals surface area contributed by atoms with Gasteiger partial charge in [-0.05, 0) is 44.0 Å². The molecule has 23 heavy (non-hydrogen) atoms. The third kappa shape index (κ3) is 2.07. The van der Waals surface area contributed by atoms with Crippen molar-refractivity contribution in [3.8, 4) is 11.3 Å². The number of carbonyl (C=O) groups is 1. The average Bonchev–Trinajstić information content (AvgIpc) is 2.70. The molecule has 0 aliphatic carbocycles. The first-order valence-corrected chi connectivity index (χ1v) is 7.86. The summed E-state index contributed by atoms with van der Waals surface area (Å²) in [5, 5.41) is 11.6. The van der Waals surface area contributed by atoms with Gasteiger partial charge >= 0.3 is 0 Å². The summed E-state index contributed by atoms with van der Waals surface area (Å²) in [6.07, 6.45) is 0. The largest absolute Gasteiger partial charge is 0.380 e. The molecule has 0 unspecified atom stereocenters. The Hall–Kier alpha value is -2.27. The van der Waals surface area contributed by atoms with Crippen LogP contribution in [0.2, 0.25) is 0 Å². The topological polar surface area (TPSA) is 64.1 Å². The molecule has 0 saturated carbocycles. The first-order chi connectivity index (χ1) is 11.0. The number of aromatic nitrogens is 2. The van der Waals surface area contributed by atoms with Crippen molar-refractivity contribution in [2.45, 2.75) is 32.1 Å². The number of rotatable bonds is 2. The molecule has 0 spiro atoms. The Morgan fingerprint density at radius 1 is 1.17 bits per heavy atom. The number of anilines is 1. The van der Waals surface area contributed by atoms with Crippen molar-refractivity contribution in [3.05, 3.63) is 41.1 Å². The van der Waals surface area contributed by atoms with Gasteiger partial charge in [-0.3, -0.25) is 4.79 Å². The number of carbonyl (C=O) groups excluding carboxylic acids is 1. The van der Waals surface area contributed by atoms with Crippen molar-refractivity contribution in [3.63, 3.8) is 0 Å². The molecular weight excluding hydrogens is 290 g/mol. The van der Waals surface area contributed by atoms with E-state index in [9.17, 15) is 4.79 Å². The lowest BCUT2D eigenvalue weighted by molar-refractivity contribution is -0.119. The molecule has 118 valence electrons. The van der Waals surface area contributed by atoms with Gasteiger partial charge in [0, 0.05) is 17.2 Å². The number of amides is 1. The average molecular weight is 309 g/mol. The van der Waals surface area contributed by atoms with E-state index in [1.165, 1.54) is 0 Å². The molecule has 1 saturated heterocycles. The smallest absolute Gasteiger partial charge is 0.234 e. The first kappa shape index (κ1) is 14.3. The summed E-state index contributed by atoms with van der Waals surface area (Å²) in [6, 6.07) is 8.04. The molecular formula is C18H19N3O2. The standard InChI is InChI=1S/C18H19N3O2/c1-10-4-7-14(21-20-10)12-5-6-13-16(15(12)11-8-23-9-11)19-17(22)18(13,2)3/h4-7,11H,8-9H2,1-3H3,(H,19,22). The Labute approximate surface area is 135 Å². The quantitative estimate of drug-likeness (QED) is 0.926. The van der Waals surface area contributed by atoms with Crippen LogP contribution >= 0.6 is 0 Å². The van der Waals surface area contributed by atoms with Crippen LogP contribution in [0.5, 0.6) is 0 Å². The van der Waals surface area contributed by atoms with Crippen LogP contribution in [0.3, 0.4) is 0 Å². The van der Waals surface area contributed by atoms with Crippen LogP contribution < -0.4 is 5.32 Å². The molecule has 1 aromatic carbocycles. The second-order valence-corrected chi connectivity index (χ2v) is 6.82. The Morgan fingerprint density at radius 3 is 2.57 bits per heavy atom. The van der Waals surface area contributed by atoms with E-state index in [1.54, 1.807) is 0 Å². The Balaban J connectivity index is 1.93. The van der Waals surface area contributed by atoms with E-state index < -0.39 is 5.41 Å². The van der Waals surface area contributed by atoms with Crippen molar-refractivity contribution in [2.75, 3.05) is 18.5 Å². The number of hydrogen-bond donors (Lipinski definition) is 1. The molecule has 1 amide bonds. The molecule has 1 N–H and O–H groups in total. The Bertz CT molecular complexity index is 793. The molecule has 0 radical (unpaired) electrons. The van der Waals surface area contributed by atoms with Gasteiger partial charge in [-0.2, -0.15) is 10.2 Å². The van der Waals surface area contributed by atoms with Gasteiger partial charge in [-0.1, -0.05) is 12.1 Å². The van der Waals surface area contributed by atoms with Crippen molar-refractivity contribution < 1.29 is 9.53 Å². The maximum absolute atomic E-state index is 12.4. The Kier molecular flexibility index (Phi) is 3.03. The molecule has 0 bridgehead atoms. The highest BCUT2D eigenvalue weighted by Crippen LogP contribution is 2.46. The highest BCUT2D eigenvalue weighted by atomic mass is 16.5. The maximum atomic E-state index is 12.4. The first-order valence-electron chi connectivity index (χ1n) is 7.86. The molecule has 1 fully saturated rings. The van der Waals surface area contributed by atoms with Gasteiger partial charge in [-0.25, -0.2) is 0 Å². The van der Waals surface area contributed by atoms with Crippen LogP contribution in [0.25, 0.3) is 11.3 Å². The van der Waals surface area contributed by atoms with E-state index in [0.29, 0.717) is 13.2 Å². The summed E-state index contributed by atoms with van der Waals surface area (Å²) in [5.41, 5.74) is 5.36. The summed E-state index contributed by atoms with van der Waals surface area (Å²) in [5.74, 6) is 0.332. The predicted octanol–water partition coefficient (Wildman–Crippen LogP) is 2.80. The lowest BCUT2D eigenvalue weighted by atomic mass is 9.81. The summed E-state index contributed by atoms with van der Waals surface area (Å²) >= 11 is 0. The van der Waals surface area contributed by atoms with Gasteiger partial charge in [0.2, 0.25) is 5.91 Å². The van der Waals surface area contributed by atoms with E-state index in [4.69, 9.17) is 4.74 Å². The fourth-order valence-corrected chi connectivity index (χ4v) is 3.26. The van der Waals surface area contributed by atoms with Gasteiger partial charge in [0.1, 0.15) is 0 Å². The fraction of sp³-hybridized carbons (Fsp3) is 0.389. The molecule has 5 nitrogen and oxygen atoms in total. The van der Waals surface area contributed by atoms with Gasteiger partial charge in [0.15, 0.2) is 0 Å². The number of fused-ring (bicyclic) bond motifs is 1. The van der Waals surface area contributed by atoms with Crippen molar-refractivity contribution in [2.24, 2.45) is 0 Å². The normalized spacial score (nSPS) is 19.2. The summed E-state index contributed by atoms with van der Waals surface area (Å²) in [4.78, 5) is 12.4. The fourth-order valence-electron chi connectivity index (χ4n) is 3.26. The summed E-state index contributed by atoms with van der Waals surface area (Å²) in [6.45, 7) is 7.20. The van der Waals surface area contributed by atoms with Gasteiger partial charge in [0.05, 0.1) is 30.0 Å². The summed E-state index contributed by atoms with van der Waals surface area (Å²) < 4.78 is 5.39. The monoisotopic (exact) mass is 309 g/mol. The zero-order valence-electron chi connectivity index (χ0n) is 13.5.